The third-order valence-corrected chi connectivity index (χ3v) is 3.49. The van der Waals surface area contributed by atoms with Gasteiger partial charge in [-0.15, -0.1) is 0 Å². The predicted molar refractivity (Wildman–Crippen MR) is 77.2 cm³/mol. The molecule has 114 valence electrons. The Hall–Kier alpha value is -2.08. The average Bonchev–Trinajstić information content (AvgIpc) is 2.98. The highest BCUT2D eigenvalue weighted by molar-refractivity contribution is 5.87. The number of nitrogens with one attached hydrogen (secondary N) is 1. The van der Waals surface area contributed by atoms with Crippen molar-refractivity contribution < 1.29 is 19.4 Å². The first-order valence-corrected chi connectivity index (χ1v) is 6.99. The Morgan fingerprint density at radius 2 is 2.10 bits per heavy atom. The van der Waals surface area contributed by atoms with Gasteiger partial charge in [0.25, 0.3) is 0 Å². The molecular formula is C15H20N2O4. The van der Waals surface area contributed by atoms with Gasteiger partial charge in [-0.1, -0.05) is 12.1 Å². The van der Waals surface area contributed by atoms with Crippen molar-refractivity contribution in [2.24, 2.45) is 0 Å². The average molecular weight is 292 g/mol. The summed E-state index contributed by atoms with van der Waals surface area (Å²) in [6.07, 6.45) is 2.18. The number of aromatic carboxylic acids is 1. The summed E-state index contributed by atoms with van der Waals surface area (Å²) in [4.78, 5) is 24.3. The van der Waals surface area contributed by atoms with Gasteiger partial charge >= 0.3 is 12.0 Å². The Morgan fingerprint density at radius 1 is 1.38 bits per heavy atom. The van der Waals surface area contributed by atoms with E-state index in [9.17, 15) is 9.59 Å². The fourth-order valence-electron chi connectivity index (χ4n) is 2.25. The van der Waals surface area contributed by atoms with Crippen LogP contribution < -0.4 is 5.32 Å². The van der Waals surface area contributed by atoms with Crippen LogP contribution in [0, 0.1) is 0 Å². The standard InChI is InChI=1S/C15H20N2O4/c1-17(10-13-3-2-8-21-13)15(20)16-9-11-4-6-12(7-5-11)14(18)19/h4-7,13H,2-3,8-10H2,1H3,(H,16,20)(H,18,19)/t13-/m0/s1. The molecule has 1 fully saturated rings. The summed E-state index contributed by atoms with van der Waals surface area (Å²) in [6.45, 7) is 1.73. The molecule has 1 aromatic rings. The van der Waals surface area contributed by atoms with Gasteiger partial charge in [0, 0.05) is 26.7 Å². The largest absolute Gasteiger partial charge is 0.478 e. The Kier molecular flexibility index (Phi) is 5.16. The lowest BCUT2D eigenvalue weighted by Gasteiger charge is -2.21. The molecule has 0 saturated carbocycles. The summed E-state index contributed by atoms with van der Waals surface area (Å²) in [6, 6.07) is 6.29. The summed E-state index contributed by atoms with van der Waals surface area (Å²) in [7, 11) is 1.74. The van der Waals surface area contributed by atoms with Gasteiger partial charge < -0.3 is 20.1 Å². The van der Waals surface area contributed by atoms with Crippen molar-refractivity contribution in [2.75, 3.05) is 20.2 Å². The SMILES string of the molecule is CN(C[C@@H]1CCCO1)C(=O)NCc1ccc(C(=O)O)cc1. The molecule has 2 amide bonds. The molecule has 2 rings (SSSR count). The molecule has 1 aromatic carbocycles. The van der Waals surface area contributed by atoms with Gasteiger partial charge in [0.1, 0.15) is 0 Å². The zero-order valence-electron chi connectivity index (χ0n) is 12.0. The number of nitrogens with zero attached hydrogens (tertiary/aromatic N) is 1. The number of likely N-dealkylation sites (N-methyl/N-ethyl adjacent to an activating group) is 1. The molecule has 6 nitrogen and oxygen atoms in total. The molecular weight excluding hydrogens is 272 g/mol. The minimum atomic E-state index is -0.957. The van der Waals surface area contributed by atoms with Gasteiger partial charge in [0.15, 0.2) is 0 Å². The smallest absolute Gasteiger partial charge is 0.335 e. The number of urea groups is 1. The summed E-state index contributed by atoms with van der Waals surface area (Å²) in [5, 5.41) is 11.6. The molecule has 1 heterocycles. The Morgan fingerprint density at radius 3 is 2.67 bits per heavy atom. The van der Waals surface area contributed by atoms with Crippen molar-refractivity contribution in [3.05, 3.63) is 35.4 Å². The summed E-state index contributed by atoms with van der Waals surface area (Å²) < 4.78 is 5.49. The first-order valence-electron chi connectivity index (χ1n) is 6.99. The number of amides is 2. The second-order valence-corrected chi connectivity index (χ2v) is 5.18. The number of carboxylic acids is 1. The topological polar surface area (TPSA) is 78.9 Å². The van der Waals surface area contributed by atoms with E-state index in [0.717, 1.165) is 25.0 Å². The summed E-state index contributed by atoms with van der Waals surface area (Å²) in [5.74, 6) is -0.957. The maximum atomic E-state index is 11.9. The first kappa shape index (κ1) is 15.3. The van der Waals surface area contributed by atoms with Crippen molar-refractivity contribution in [2.45, 2.75) is 25.5 Å². The lowest BCUT2D eigenvalue weighted by atomic mass is 10.1. The molecule has 0 unspecified atom stereocenters. The fraction of sp³-hybridized carbons (Fsp3) is 0.467. The van der Waals surface area contributed by atoms with Crippen molar-refractivity contribution in [1.29, 1.82) is 0 Å². The predicted octanol–water partition coefficient (Wildman–Crippen LogP) is 1.71. The molecule has 0 aromatic heterocycles. The summed E-state index contributed by atoms with van der Waals surface area (Å²) >= 11 is 0. The maximum Gasteiger partial charge on any atom is 0.335 e. The van der Waals surface area contributed by atoms with Gasteiger partial charge in [-0.3, -0.25) is 0 Å². The molecule has 1 atom stereocenters. The minimum absolute atomic E-state index is 0.135. The number of hydrogen-bond donors (Lipinski definition) is 2. The van der Waals surface area contributed by atoms with Crippen LogP contribution in [0.4, 0.5) is 4.79 Å². The van der Waals surface area contributed by atoms with Crippen LogP contribution in [0.15, 0.2) is 24.3 Å². The lowest BCUT2D eigenvalue weighted by molar-refractivity contribution is 0.0697. The van der Waals surface area contributed by atoms with E-state index in [0.29, 0.717) is 13.1 Å². The number of benzene rings is 1. The number of hydrogen-bond acceptors (Lipinski definition) is 3. The molecule has 0 bridgehead atoms. The zero-order chi connectivity index (χ0) is 15.2. The third-order valence-electron chi connectivity index (χ3n) is 3.49. The van der Waals surface area contributed by atoms with Crippen LogP contribution in [-0.2, 0) is 11.3 Å². The van der Waals surface area contributed by atoms with Crippen LogP contribution in [-0.4, -0.2) is 48.3 Å². The van der Waals surface area contributed by atoms with Gasteiger partial charge in [-0.2, -0.15) is 0 Å². The molecule has 21 heavy (non-hydrogen) atoms. The highest BCUT2D eigenvalue weighted by Gasteiger charge is 2.19. The fourth-order valence-corrected chi connectivity index (χ4v) is 2.25. The van der Waals surface area contributed by atoms with Crippen molar-refractivity contribution in [1.82, 2.24) is 10.2 Å². The van der Waals surface area contributed by atoms with Crippen LogP contribution in [0.5, 0.6) is 0 Å². The van der Waals surface area contributed by atoms with E-state index in [1.807, 2.05) is 0 Å². The van der Waals surface area contributed by atoms with Gasteiger partial charge in [-0.25, -0.2) is 9.59 Å². The van der Waals surface area contributed by atoms with Crippen LogP contribution in [0.3, 0.4) is 0 Å². The number of carboxylic acid groups (broad SMARTS) is 1. The minimum Gasteiger partial charge on any atom is -0.478 e. The number of carbonyl (C=O) groups excluding carboxylic acids is 1. The van der Waals surface area contributed by atoms with Crippen LogP contribution in [0.25, 0.3) is 0 Å². The molecule has 6 heteroatoms. The molecule has 2 N–H and O–H groups in total. The summed E-state index contributed by atoms with van der Waals surface area (Å²) in [5.41, 5.74) is 1.10. The zero-order valence-corrected chi connectivity index (χ0v) is 12.0. The normalized spacial score (nSPS) is 17.5. The number of rotatable bonds is 5. The van der Waals surface area contributed by atoms with E-state index in [1.165, 1.54) is 12.1 Å². The van der Waals surface area contributed by atoms with Gasteiger partial charge in [0.2, 0.25) is 0 Å². The van der Waals surface area contributed by atoms with Gasteiger partial charge in [-0.05, 0) is 30.5 Å². The molecule has 0 aliphatic carbocycles. The Labute approximate surface area is 123 Å². The highest BCUT2D eigenvalue weighted by atomic mass is 16.5. The van der Waals surface area contributed by atoms with E-state index >= 15 is 0 Å². The molecule has 1 aliphatic heterocycles. The van der Waals surface area contributed by atoms with E-state index in [4.69, 9.17) is 9.84 Å². The number of carbonyl (C=O) groups is 2. The van der Waals surface area contributed by atoms with Crippen LogP contribution >= 0.6 is 0 Å². The van der Waals surface area contributed by atoms with E-state index in [-0.39, 0.29) is 17.7 Å². The quantitative estimate of drug-likeness (QED) is 0.866. The first-order chi connectivity index (χ1) is 10.1. The molecule has 0 spiro atoms. The van der Waals surface area contributed by atoms with Crippen molar-refractivity contribution >= 4 is 12.0 Å². The Bertz CT molecular complexity index is 495. The number of ether oxygens (including phenoxy) is 1. The Balaban J connectivity index is 1.78. The van der Waals surface area contributed by atoms with Crippen LogP contribution in [0.2, 0.25) is 0 Å². The van der Waals surface area contributed by atoms with Crippen molar-refractivity contribution in [3.63, 3.8) is 0 Å². The third kappa shape index (κ3) is 4.46. The van der Waals surface area contributed by atoms with Crippen molar-refractivity contribution in [3.8, 4) is 0 Å². The molecule has 1 aliphatic rings. The van der Waals surface area contributed by atoms with E-state index in [1.54, 1.807) is 24.1 Å². The maximum absolute atomic E-state index is 11.9. The monoisotopic (exact) mass is 292 g/mol. The van der Waals surface area contributed by atoms with E-state index < -0.39 is 5.97 Å². The second kappa shape index (κ2) is 7.08. The van der Waals surface area contributed by atoms with Gasteiger partial charge in [0.05, 0.1) is 11.7 Å². The van der Waals surface area contributed by atoms with Crippen LogP contribution in [0.1, 0.15) is 28.8 Å². The lowest BCUT2D eigenvalue weighted by Crippen LogP contribution is -2.40. The molecule has 0 radical (unpaired) electrons. The van der Waals surface area contributed by atoms with E-state index in [2.05, 4.69) is 5.32 Å². The highest BCUT2D eigenvalue weighted by Crippen LogP contribution is 2.12. The second-order valence-electron chi connectivity index (χ2n) is 5.18. The molecule has 1 saturated heterocycles.